The topological polar surface area (TPSA) is 37.4 Å². The van der Waals surface area contributed by atoms with Crippen LogP contribution >= 0.6 is 27.7 Å². The molecule has 1 aromatic carbocycles. The first kappa shape index (κ1) is 13.6. The van der Waals surface area contributed by atoms with Crippen molar-refractivity contribution >= 4 is 45.1 Å². The van der Waals surface area contributed by atoms with Crippen molar-refractivity contribution in [1.82, 2.24) is 0 Å². The molecular weight excluding hydrogens is 314 g/mol. The number of aryl methyl sites for hydroxylation is 1. The first-order chi connectivity index (χ1) is 8.56. The second kappa shape index (κ2) is 5.45. The number of fused-ring (bicyclic) bond motifs is 1. The fourth-order valence-electron chi connectivity index (χ4n) is 2.12. The number of hydrogen-bond donors (Lipinski definition) is 0. The summed E-state index contributed by atoms with van der Waals surface area (Å²) in [7, 11) is 0. The molecule has 1 amide bonds. The molecule has 1 aromatic rings. The summed E-state index contributed by atoms with van der Waals surface area (Å²) >= 11 is 5.13. The maximum atomic E-state index is 12.0. The second-order valence-electron chi connectivity index (χ2n) is 4.10. The van der Waals surface area contributed by atoms with E-state index in [2.05, 4.69) is 22.9 Å². The number of nitrogens with zero attached hydrogens (tertiary/aromatic N) is 1. The van der Waals surface area contributed by atoms with Crippen LogP contribution in [0.1, 0.15) is 22.8 Å². The zero-order valence-electron chi connectivity index (χ0n) is 10.3. The maximum absolute atomic E-state index is 12.0. The molecule has 0 spiro atoms. The minimum Gasteiger partial charge on any atom is -0.304 e. The molecule has 0 N–H and O–H groups in total. The van der Waals surface area contributed by atoms with E-state index in [1.54, 1.807) is 22.7 Å². The normalized spacial score (nSPS) is 14.3. The Morgan fingerprint density at radius 3 is 2.72 bits per heavy atom. The lowest BCUT2D eigenvalue weighted by atomic mass is 10.1. The molecule has 96 valence electrons. The van der Waals surface area contributed by atoms with Crippen LogP contribution in [0.3, 0.4) is 0 Å². The van der Waals surface area contributed by atoms with E-state index < -0.39 is 11.7 Å². The Morgan fingerprint density at radius 2 is 2.06 bits per heavy atom. The Hall–Kier alpha value is -0.810. The number of rotatable bonds is 4. The molecule has 0 bridgehead atoms. The summed E-state index contributed by atoms with van der Waals surface area (Å²) in [5.74, 6) is 1.07. The Balaban J connectivity index is 2.36. The molecule has 0 radical (unpaired) electrons. The third-order valence-corrected chi connectivity index (χ3v) is 4.22. The molecule has 0 saturated carbocycles. The number of Topliss-reactive ketones (excluding diaryl/α,β-unsaturated/α-hetero) is 1. The first-order valence-electron chi connectivity index (χ1n) is 5.80. The third kappa shape index (κ3) is 2.34. The highest BCUT2D eigenvalue weighted by Crippen LogP contribution is 2.34. The summed E-state index contributed by atoms with van der Waals surface area (Å²) in [4.78, 5) is 25.5. The lowest BCUT2D eigenvalue weighted by Gasteiger charge is -2.18. The van der Waals surface area contributed by atoms with Crippen LogP contribution in [0.25, 0.3) is 0 Å². The van der Waals surface area contributed by atoms with Crippen molar-refractivity contribution in [3.8, 4) is 0 Å². The number of hydrogen-bond acceptors (Lipinski definition) is 3. The van der Waals surface area contributed by atoms with E-state index in [-0.39, 0.29) is 0 Å². The summed E-state index contributed by atoms with van der Waals surface area (Å²) in [6, 6.07) is 3.67. The van der Waals surface area contributed by atoms with Gasteiger partial charge in [-0.05, 0) is 30.4 Å². The number of halogens is 1. The van der Waals surface area contributed by atoms with Gasteiger partial charge >= 0.3 is 0 Å². The van der Waals surface area contributed by atoms with Gasteiger partial charge in [-0.25, -0.2) is 0 Å². The molecule has 1 aliphatic heterocycles. The van der Waals surface area contributed by atoms with E-state index in [0.29, 0.717) is 12.1 Å². The molecule has 2 rings (SSSR count). The number of anilines is 1. The van der Waals surface area contributed by atoms with Gasteiger partial charge in [-0.1, -0.05) is 22.9 Å². The molecule has 18 heavy (non-hydrogen) atoms. The molecule has 0 saturated heterocycles. The minimum atomic E-state index is -0.400. The summed E-state index contributed by atoms with van der Waals surface area (Å²) in [6.07, 6.45) is 0. The minimum absolute atomic E-state index is 0.393. The number of amides is 1. The molecule has 0 atom stereocenters. The van der Waals surface area contributed by atoms with Crippen LogP contribution in [0.2, 0.25) is 0 Å². The summed E-state index contributed by atoms with van der Waals surface area (Å²) in [6.45, 7) is 4.60. The van der Waals surface area contributed by atoms with Gasteiger partial charge in [-0.2, -0.15) is 11.8 Å². The van der Waals surface area contributed by atoms with Crippen LogP contribution in [0.4, 0.5) is 5.69 Å². The molecular formula is C13H14BrNO2S. The molecule has 1 heterocycles. The van der Waals surface area contributed by atoms with E-state index in [0.717, 1.165) is 27.2 Å². The summed E-state index contributed by atoms with van der Waals surface area (Å²) < 4.78 is 0.838. The summed E-state index contributed by atoms with van der Waals surface area (Å²) in [5.41, 5.74) is 2.26. The van der Waals surface area contributed by atoms with E-state index >= 15 is 0 Å². The number of ketones is 1. The van der Waals surface area contributed by atoms with Crippen LogP contribution in [0.15, 0.2) is 16.6 Å². The van der Waals surface area contributed by atoms with Crippen molar-refractivity contribution < 1.29 is 9.59 Å². The lowest BCUT2D eigenvalue weighted by molar-refractivity contribution is -0.114. The molecule has 1 aliphatic rings. The molecule has 0 aromatic heterocycles. The molecule has 5 heteroatoms. The van der Waals surface area contributed by atoms with Gasteiger partial charge in [0, 0.05) is 16.8 Å². The Morgan fingerprint density at radius 1 is 1.33 bits per heavy atom. The van der Waals surface area contributed by atoms with Gasteiger partial charge in [0.15, 0.2) is 0 Å². The molecule has 0 aliphatic carbocycles. The van der Waals surface area contributed by atoms with Crippen LogP contribution in [-0.2, 0) is 4.79 Å². The zero-order valence-corrected chi connectivity index (χ0v) is 12.7. The fraction of sp³-hybridized carbons (Fsp3) is 0.385. The van der Waals surface area contributed by atoms with Gasteiger partial charge in [0.25, 0.3) is 11.7 Å². The van der Waals surface area contributed by atoms with Crippen molar-refractivity contribution in [3.05, 3.63) is 27.7 Å². The average molecular weight is 328 g/mol. The highest BCUT2D eigenvalue weighted by atomic mass is 79.9. The van der Waals surface area contributed by atoms with Gasteiger partial charge in [-0.15, -0.1) is 0 Å². The number of benzene rings is 1. The molecule has 0 fully saturated rings. The Labute approximate surface area is 119 Å². The predicted molar refractivity (Wildman–Crippen MR) is 78.6 cm³/mol. The van der Waals surface area contributed by atoms with Crippen LogP contribution in [0, 0.1) is 6.92 Å². The Bertz CT molecular complexity index is 516. The molecule has 3 nitrogen and oxygen atoms in total. The summed E-state index contributed by atoms with van der Waals surface area (Å²) in [5, 5.41) is 0. The van der Waals surface area contributed by atoms with Gasteiger partial charge < -0.3 is 4.90 Å². The average Bonchev–Trinajstić information content (AvgIpc) is 2.55. The van der Waals surface area contributed by atoms with Crippen LogP contribution in [-0.4, -0.2) is 29.7 Å². The smallest absolute Gasteiger partial charge is 0.299 e. The number of carbonyl (C=O) groups excluding carboxylic acids is 2. The standard InChI is InChI=1S/C13H14BrNO2S/c1-3-18-5-4-15-11-8(2)6-9(14)7-10(11)12(16)13(15)17/h6-7H,3-5H2,1-2H3. The van der Waals surface area contributed by atoms with E-state index in [1.165, 1.54) is 0 Å². The quantitative estimate of drug-likeness (QED) is 0.630. The molecule has 0 unspecified atom stereocenters. The van der Waals surface area contributed by atoms with E-state index in [1.807, 2.05) is 13.0 Å². The van der Waals surface area contributed by atoms with E-state index in [9.17, 15) is 9.59 Å². The van der Waals surface area contributed by atoms with Crippen molar-refractivity contribution in [2.45, 2.75) is 13.8 Å². The van der Waals surface area contributed by atoms with E-state index in [4.69, 9.17) is 0 Å². The van der Waals surface area contributed by atoms with Gasteiger partial charge in [0.1, 0.15) is 0 Å². The van der Waals surface area contributed by atoms with Gasteiger partial charge in [-0.3, -0.25) is 9.59 Å². The predicted octanol–water partition coefficient (Wildman–Crippen LogP) is 3.04. The van der Waals surface area contributed by atoms with Crippen LogP contribution in [0.5, 0.6) is 0 Å². The first-order valence-corrected chi connectivity index (χ1v) is 7.75. The highest BCUT2D eigenvalue weighted by molar-refractivity contribution is 9.10. The number of carbonyl (C=O) groups is 2. The Kier molecular flexibility index (Phi) is 4.12. The monoisotopic (exact) mass is 327 g/mol. The van der Waals surface area contributed by atoms with Crippen molar-refractivity contribution in [2.75, 3.05) is 23.0 Å². The van der Waals surface area contributed by atoms with Crippen molar-refractivity contribution in [1.29, 1.82) is 0 Å². The highest BCUT2D eigenvalue weighted by Gasteiger charge is 2.36. The lowest BCUT2D eigenvalue weighted by Crippen LogP contribution is -2.32. The largest absolute Gasteiger partial charge is 0.304 e. The van der Waals surface area contributed by atoms with Crippen LogP contribution < -0.4 is 4.90 Å². The van der Waals surface area contributed by atoms with Gasteiger partial charge in [0.2, 0.25) is 0 Å². The van der Waals surface area contributed by atoms with Crippen molar-refractivity contribution in [2.24, 2.45) is 0 Å². The fourth-order valence-corrected chi connectivity index (χ4v) is 3.29. The van der Waals surface area contributed by atoms with Gasteiger partial charge in [0.05, 0.1) is 11.3 Å². The van der Waals surface area contributed by atoms with Crippen molar-refractivity contribution in [3.63, 3.8) is 0 Å². The second-order valence-corrected chi connectivity index (χ2v) is 6.41. The SMILES string of the molecule is CCSCCN1C(=O)C(=O)c2cc(Br)cc(C)c21. The maximum Gasteiger partial charge on any atom is 0.299 e. The third-order valence-electron chi connectivity index (χ3n) is 2.88. The zero-order chi connectivity index (χ0) is 13.3. The number of thioether (sulfide) groups is 1.